The first-order valence-corrected chi connectivity index (χ1v) is 11.0. The molecule has 12 nitrogen and oxygen atoms in total. The van der Waals surface area contributed by atoms with Gasteiger partial charge in [0.1, 0.15) is 23.6 Å². The van der Waals surface area contributed by atoms with Crippen molar-refractivity contribution in [1.82, 2.24) is 16.0 Å². The summed E-state index contributed by atoms with van der Waals surface area (Å²) < 4.78 is 10.4. The molecule has 0 bridgehead atoms. The summed E-state index contributed by atoms with van der Waals surface area (Å²) in [5.74, 6) is -1.74. The molecule has 36 heavy (non-hydrogen) atoms. The molecular formula is C24H31N5O7. The number of hydrogen-bond acceptors (Lipinski definition) is 8. The molecule has 8 N–H and O–H groups in total. The van der Waals surface area contributed by atoms with E-state index in [2.05, 4.69) is 16.0 Å². The fourth-order valence-electron chi connectivity index (χ4n) is 3.23. The zero-order chi connectivity index (χ0) is 26.7. The number of methoxy groups -OCH3 is 2. The van der Waals surface area contributed by atoms with Gasteiger partial charge in [-0.15, -0.1) is 0 Å². The van der Waals surface area contributed by atoms with Crippen LogP contribution < -0.4 is 36.9 Å². The van der Waals surface area contributed by atoms with Crippen LogP contribution in [0.15, 0.2) is 48.5 Å². The minimum atomic E-state index is -1.36. The Morgan fingerprint density at radius 3 is 1.78 bits per heavy atom. The van der Waals surface area contributed by atoms with Crippen LogP contribution in [0.4, 0.5) is 0 Å². The SMILES string of the molecule is COc1ccc(C(NC(=O)CNC(=O)[C@H](CC(N)=O)NC(=O)[C@@H](N)CO)c2ccc(OC)cc2)cc1. The third-order valence-electron chi connectivity index (χ3n) is 5.20. The van der Waals surface area contributed by atoms with E-state index in [-0.39, 0.29) is 0 Å². The number of carbonyl (C=O) groups is 4. The van der Waals surface area contributed by atoms with Crippen molar-refractivity contribution in [1.29, 1.82) is 0 Å². The minimum absolute atomic E-state index is 0.446. The van der Waals surface area contributed by atoms with E-state index in [9.17, 15) is 19.2 Å². The van der Waals surface area contributed by atoms with E-state index in [1.807, 2.05) is 0 Å². The van der Waals surface area contributed by atoms with Gasteiger partial charge >= 0.3 is 0 Å². The van der Waals surface area contributed by atoms with E-state index in [1.54, 1.807) is 62.8 Å². The number of carbonyl (C=O) groups excluding carboxylic acids is 4. The summed E-state index contributed by atoms with van der Waals surface area (Å²) in [5.41, 5.74) is 12.1. The third-order valence-corrected chi connectivity index (χ3v) is 5.20. The Bertz CT molecular complexity index is 996. The van der Waals surface area contributed by atoms with Gasteiger partial charge in [0.05, 0.1) is 39.8 Å². The van der Waals surface area contributed by atoms with Gasteiger partial charge in [-0.05, 0) is 35.4 Å². The highest BCUT2D eigenvalue weighted by Crippen LogP contribution is 2.25. The molecule has 2 rings (SSSR count). The van der Waals surface area contributed by atoms with Crippen molar-refractivity contribution in [3.05, 3.63) is 59.7 Å². The molecule has 0 spiro atoms. The van der Waals surface area contributed by atoms with Gasteiger partial charge in [-0.3, -0.25) is 19.2 Å². The summed E-state index contributed by atoms with van der Waals surface area (Å²) in [6, 6.07) is 11.0. The smallest absolute Gasteiger partial charge is 0.243 e. The molecule has 0 aromatic heterocycles. The Balaban J connectivity index is 2.13. The molecule has 4 amide bonds. The summed E-state index contributed by atoms with van der Waals surface area (Å²) in [6.45, 7) is -1.10. The highest BCUT2D eigenvalue weighted by Gasteiger charge is 2.26. The van der Waals surface area contributed by atoms with E-state index >= 15 is 0 Å². The predicted molar refractivity (Wildman–Crippen MR) is 130 cm³/mol. The number of ether oxygens (including phenoxy) is 2. The Morgan fingerprint density at radius 1 is 0.861 bits per heavy atom. The van der Waals surface area contributed by atoms with Crippen molar-refractivity contribution in [3.8, 4) is 11.5 Å². The molecule has 0 unspecified atom stereocenters. The van der Waals surface area contributed by atoms with E-state index in [0.29, 0.717) is 11.5 Å². The van der Waals surface area contributed by atoms with Crippen molar-refractivity contribution in [3.63, 3.8) is 0 Å². The first kappa shape index (κ1) is 28.1. The second kappa shape index (κ2) is 13.7. The number of benzene rings is 2. The number of nitrogens with two attached hydrogens (primary N) is 2. The van der Waals surface area contributed by atoms with Gasteiger partial charge in [0.2, 0.25) is 23.6 Å². The van der Waals surface area contributed by atoms with Crippen molar-refractivity contribution in [2.75, 3.05) is 27.4 Å². The van der Waals surface area contributed by atoms with E-state index in [1.165, 1.54) is 0 Å². The van der Waals surface area contributed by atoms with Crippen molar-refractivity contribution < 1.29 is 33.8 Å². The number of aliphatic hydroxyl groups is 1. The molecular weight excluding hydrogens is 470 g/mol. The monoisotopic (exact) mass is 501 g/mol. The first-order chi connectivity index (χ1) is 17.2. The van der Waals surface area contributed by atoms with Crippen LogP contribution in [-0.2, 0) is 19.2 Å². The fourth-order valence-corrected chi connectivity index (χ4v) is 3.23. The zero-order valence-corrected chi connectivity index (χ0v) is 20.0. The van der Waals surface area contributed by atoms with Crippen LogP contribution in [0.1, 0.15) is 23.6 Å². The van der Waals surface area contributed by atoms with Crippen LogP contribution in [0.5, 0.6) is 11.5 Å². The average Bonchev–Trinajstić information content (AvgIpc) is 2.89. The molecule has 0 aliphatic rings. The molecule has 2 aromatic rings. The molecule has 0 aliphatic carbocycles. The van der Waals surface area contributed by atoms with E-state index in [4.69, 9.17) is 26.0 Å². The summed E-state index contributed by atoms with van der Waals surface area (Å²) >= 11 is 0. The fraction of sp³-hybridized carbons (Fsp3) is 0.333. The van der Waals surface area contributed by atoms with Gasteiger partial charge in [0.25, 0.3) is 0 Å². The van der Waals surface area contributed by atoms with Gasteiger partial charge in [-0.1, -0.05) is 24.3 Å². The standard InChI is InChI=1S/C24H31N5O7/c1-35-16-7-3-14(4-8-16)22(15-5-9-17(36-2)10-6-15)29-21(32)12-27-24(34)19(11-20(26)31)28-23(33)18(25)13-30/h3-10,18-19,22,30H,11-13,25H2,1-2H3,(H2,26,31)(H,27,34)(H,28,33)(H,29,32)/t18-,19-/m0/s1. The van der Waals surface area contributed by atoms with Gasteiger partial charge in [-0.25, -0.2) is 0 Å². The largest absolute Gasteiger partial charge is 0.497 e. The molecule has 2 aromatic carbocycles. The lowest BCUT2D eigenvalue weighted by atomic mass is 9.98. The van der Waals surface area contributed by atoms with Crippen molar-refractivity contribution in [2.24, 2.45) is 11.5 Å². The maximum absolute atomic E-state index is 12.8. The zero-order valence-electron chi connectivity index (χ0n) is 20.0. The predicted octanol–water partition coefficient (Wildman–Crippen LogP) is -1.29. The Kier molecular flexibility index (Phi) is 10.7. The summed E-state index contributed by atoms with van der Waals surface area (Å²) in [6.07, 6.45) is -0.516. The Labute approximate surface area is 208 Å². The molecule has 0 fully saturated rings. The minimum Gasteiger partial charge on any atom is -0.497 e. The third kappa shape index (κ3) is 8.25. The summed E-state index contributed by atoms with van der Waals surface area (Å²) in [7, 11) is 3.09. The van der Waals surface area contributed by atoms with Crippen LogP contribution in [0.3, 0.4) is 0 Å². The topological polar surface area (TPSA) is 195 Å². The maximum atomic E-state index is 12.8. The van der Waals surface area contributed by atoms with E-state index in [0.717, 1.165) is 11.1 Å². The number of hydrogen-bond donors (Lipinski definition) is 6. The molecule has 0 saturated heterocycles. The quantitative estimate of drug-likeness (QED) is 0.195. The highest BCUT2D eigenvalue weighted by molar-refractivity contribution is 5.94. The van der Waals surface area contributed by atoms with Crippen LogP contribution in [0, 0.1) is 0 Å². The molecule has 12 heteroatoms. The molecule has 194 valence electrons. The Morgan fingerprint density at radius 2 is 1.36 bits per heavy atom. The Hall–Kier alpha value is -4.16. The van der Waals surface area contributed by atoms with Crippen LogP contribution in [0.2, 0.25) is 0 Å². The molecule has 0 aliphatic heterocycles. The molecule has 2 atom stereocenters. The normalized spacial score (nSPS) is 12.2. The van der Waals surface area contributed by atoms with Crippen LogP contribution >= 0.6 is 0 Å². The van der Waals surface area contributed by atoms with E-state index < -0.39 is 61.3 Å². The summed E-state index contributed by atoms with van der Waals surface area (Å²) in [4.78, 5) is 48.6. The molecule has 0 radical (unpaired) electrons. The number of rotatable bonds is 13. The van der Waals surface area contributed by atoms with Gasteiger partial charge < -0.3 is 42.0 Å². The lowest BCUT2D eigenvalue weighted by Crippen LogP contribution is -2.54. The first-order valence-electron chi connectivity index (χ1n) is 11.0. The molecule has 0 saturated carbocycles. The second-order valence-corrected chi connectivity index (χ2v) is 7.79. The molecule has 0 heterocycles. The van der Waals surface area contributed by atoms with Gasteiger partial charge in [0, 0.05) is 0 Å². The number of primary amides is 1. The number of nitrogens with one attached hydrogen (secondary N) is 3. The lowest BCUT2D eigenvalue weighted by molar-refractivity contribution is -0.132. The average molecular weight is 502 g/mol. The van der Waals surface area contributed by atoms with Gasteiger partial charge in [0.15, 0.2) is 0 Å². The summed E-state index contributed by atoms with van der Waals surface area (Å²) in [5, 5.41) is 16.5. The van der Waals surface area contributed by atoms with Gasteiger partial charge in [-0.2, -0.15) is 0 Å². The van der Waals surface area contributed by atoms with Crippen LogP contribution in [0.25, 0.3) is 0 Å². The highest BCUT2D eigenvalue weighted by atomic mass is 16.5. The number of amides is 4. The van der Waals surface area contributed by atoms with Crippen molar-refractivity contribution >= 4 is 23.6 Å². The maximum Gasteiger partial charge on any atom is 0.243 e. The van der Waals surface area contributed by atoms with Crippen molar-refractivity contribution in [2.45, 2.75) is 24.5 Å². The second-order valence-electron chi connectivity index (χ2n) is 7.79. The van der Waals surface area contributed by atoms with Crippen LogP contribution in [-0.4, -0.2) is 68.2 Å². The number of aliphatic hydroxyl groups excluding tert-OH is 1. The lowest BCUT2D eigenvalue weighted by Gasteiger charge is -2.22.